The van der Waals surface area contributed by atoms with Crippen LogP contribution >= 0.6 is 0 Å². The first-order valence-corrected chi connectivity index (χ1v) is 6.31. The van der Waals surface area contributed by atoms with Crippen molar-refractivity contribution in [2.75, 3.05) is 13.2 Å². The first-order valence-electron chi connectivity index (χ1n) is 6.31. The molecule has 94 valence electrons. The van der Waals surface area contributed by atoms with Gasteiger partial charge in [0.25, 0.3) is 0 Å². The number of rotatable bonds is 4. The second kappa shape index (κ2) is 5.33. The smallest absolute Gasteiger partial charge is 0.0991 e. The highest BCUT2D eigenvalue weighted by molar-refractivity contribution is 5.40. The van der Waals surface area contributed by atoms with Crippen molar-refractivity contribution in [3.05, 3.63) is 48.5 Å². The number of benzene rings is 1. The summed E-state index contributed by atoms with van der Waals surface area (Å²) in [6.45, 7) is 2.57. The highest BCUT2D eigenvalue weighted by Crippen LogP contribution is 2.14. The predicted molar refractivity (Wildman–Crippen MR) is 69.6 cm³/mol. The fraction of sp³-hybridized carbons (Fsp3) is 0.357. The molecule has 1 aromatic carbocycles. The van der Waals surface area contributed by atoms with E-state index in [2.05, 4.69) is 34.6 Å². The summed E-state index contributed by atoms with van der Waals surface area (Å²) in [5.74, 6) is 0. The zero-order valence-electron chi connectivity index (χ0n) is 10.2. The van der Waals surface area contributed by atoms with Gasteiger partial charge in [-0.05, 0) is 18.1 Å². The SMILES string of the molecule is c1ccc(-n2ccnc2)c(CN[C@@H]2CCOC2)c1. The Morgan fingerprint density at radius 1 is 1.39 bits per heavy atom. The number of aromatic nitrogens is 2. The molecule has 0 saturated carbocycles. The van der Waals surface area contributed by atoms with E-state index in [1.54, 1.807) is 6.20 Å². The fourth-order valence-corrected chi connectivity index (χ4v) is 2.26. The van der Waals surface area contributed by atoms with Crippen LogP contribution in [0.5, 0.6) is 0 Å². The molecule has 0 amide bonds. The Balaban J connectivity index is 1.75. The molecular formula is C14H17N3O. The minimum atomic E-state index is 0.487. The molecule has 1 aliphatic rings. The topological polar surface area (TPSA) is 39.1 Å². The van der Waals surface area contributed by atoms with E-state index in [0.717, 1.165) is 26.2 Å². The summed E-state index contributed by atoms with van der Waals surface area (Å²) in [6.07, 6.45) is 6.71. The van der Waals surface area contributed by atoms with E-state index in [1.807, 2.05) is 17.1 Å². The van der Waals surface area contributed by atoms with Crippen LogP contribution in [0.25, 0.3) is 5.69 Å². The normalized spacial score (nSPS) is 19.2. The van der Waals surface area contributed by atoms with E-state index in [1.165, 1.54) is 11.3 Å². The minimum Gasteiger partial charge on any atom is -0.380 e. The summed E-state index contributed by atoms with van der Waals surface area (Å²) in [7, 11) is 0. The van der Waals surface area contributed by atoms with Crippen molar-refractivity contribution in [1.29, 1.82) is 0 Å². The molecule has 1 aliphatic heterocycles. The fourth-order valence-electron chi connectivity index (χ4n) is 2.26. The Morgan fingerprint density at radius 3 is 3.11 bits per heavy atom. The van der Waals surface area contributed by atoms with E-state index in [9.17, 15) is 0 Å². The van der Waals surface area contributed by atoms with Crippen LogP contribution in [0.2, 0.25) is 0 Å². The number of ether oxygens (including phenoxy) is 1. The lowest BCUT2D eigenvalue weighted by Crippen LogP contribution is -2.28. The van der Waals surface area contributed by atoms with Gasteiger partial charge in [0.05, 0.1) is 18.6 Å². The number of para-hydroxylation sites is 1. The van der Waals surface area contributed by atoms with Gasteiger partial charge in [-0.1, -0.05) is 18.2 Å². The van der Waals surface area contributed by atoms with Gasteiger partial charge in [0.15, 0.2) is 0 Å². The zero-order chi connectivity index (χ0) is 12.2. The van der Waals surface area contributed by atoms with Crippen LogP contribution in [-0.2, 0) is 11.3 Å². The van der Waals surface area contributed by atoms with Crippen LogP contribution < -0.4 is 5.32 Å². The molecule has 4 heteroatoms. The molecule has 0 unspecified atom stereocenters. The second-order valence-corrected chi connectivity index (χ2v) is 4.54. The molecule has 18 heavy (non-hydrogen) atoms. The third kappa shape index (κ3) is 2.44. The van der Waals surface area contributed by atoms with Crippen molar-refractivity contribution in [2.24, 2.45) is 0 Å². The van der Waals surface area contributed by atoms with E-state index in [0.29, 0.717) is 6.04 Å². The third-order valence-corrected chi connectivity index (χ3v) is 3.29. The molecule has 1 atom stereocenters. The Labute approximate surface area is 107 Å². The van der Waals surface area contributed by atoms with Crippen molar-refractivity contribution < 1.29 is 4.74 Å². The monoisotopic (exact) mass is 243 g/mol. The molecule has 4 nitrogen and oxygen atoms in total. The Hall–Kier alpha value is -1.65. The molecule has 0 aliphatic carbocycles. The lowest BCUT2D eigenvalue weighted by Gasteiger charge is -2.14. The van der Waals surface area contributed by atoms with Crippen LogP contribution in [0, 0.1) is 0 Å². The quantitative estimate of drug-likeness (QED) is 0.889. The Bertz CT molecular complexity index is 490. The number of hydrogen-bond donors (Lipinski definition) is 1. The molecule has 2 heterocycles. The summed E-state index contributed by atoms with van der Waals surface area (Å²) >= 11 is 0. The molecule has 3 rings (SSSR count). The van der Waals surface area contributed by atoms with Crippen LogP contribution in [-0.4, -0.2) is 28.8 Å². The van der Waals surface area contributed by atoms with Gasteiger partial charge in [-0.2, -0.15) is 0 Å². The molecule has 1 fully saturated rings. The lowest BCUT2D eigenvalue weighted by atomic mass is 10.1. The number of nitrogens with one attached hydrogen (secondary N) is 1. The maximum absolute atomic E-state index is 5.37. The molecule has 0 radical (unpaired) electrons. The standard InChI is InChI=1S/C14H17N3O/c1-2-4-14(17-7-6-15-11-17)12(3-1)9-16-13-5-8-18-10-13/h1-4,6-7,11,13,16H,5,8-10H2/t13-/m1/s1. The number of imidazole rings is 1. The van der Waals surface area contributed by atoms with Crippen LogP contribution in [0.4, 0.5) is 0 Å². The van der Waals surface area contributed by atoms with Gasteiger partial charge in [0.2, 0.25) is 0 Å². The number of nitrogens with zero attached hydrogens (tertiary/aromatic N) is 2. The van der Waals surface area contributed by atoms with Gasteiger partial charge in [0.1, 0.15) is 0 Å². The van der Waals surface area contributed by atoms with Crippen LogP contribution in [0.15, 0.2) is 43.0 Å². The van der Waals surface area contributed by atoms with Gasteiger partial charge in [-0.15, -0.1) is 0 Å². The maximum Gasteiger partial charge on any atom is 0.0991 e. The highest BCUT2D eigenvalue weighted by Gasteiger charge is 2.15. The average molecular weight is 243 g/mol. The molecule has 1 aromatic heterocycles. The minimum absolute atomic E-state index is 0.487. The Kier molecular flexibility index (Phi) is 3.39. The third-order valence-electron chi connectivity index (χ3n) is 3.29. The largest absolute Gasteiger partial charge is 0.380 e. The van der Waals surface area contributed by atoms with E-state index >= 15 is 0 Å². The predicted octanol–water partition coefficient (Wildman–Crippen LogP) is 1.75. The number of hydrogen-bond acceptors (Lipinski definition) is 3. The average Bonchev–Trinajstić information content (AvgIpc) is 3.10. The van der Waals surface area contributed by atoms with Gasteiger partial charge >= 0.3 is 0 Å². The van der Waals surface area contributed by atoms with Crippen molar-refractivity contribution in [3.63, 3.8) is 0 Å². The van der Waals surface area contributed by atoms with Gasteiger partial charge in [-0.3, -0.25) is 0 Å². The molecule has 1 N–H and O–H groups in total. The summed E-state index contributed by atoms with van der Waals surface area (Å²) in [5, 5.41) is 3.54. The first-order chi connectivity index (χ1) is 8.93. The summed E-state index contributed by atoms with van der Waals surface area (Å²) < 4.78 is 7.41. The summed E-state index contributed by atoms with van der Waals surface area (Å²) in [5.41, 5.74) is 2.46. The van der Waals surface area contributed by atoms with Crippen molar-refractivity contribution in [1.82, 2.24) is 14.9 Å². The molecule has 1 saturated heterocycles. The highest BCUT2D eigenvalue weighted by atomic mass is 16.5. The molecular weight excluding hydrogens is 226 g/mol. The molecule has 0 spiro atoms. The summed E-state index contributed by atoms with van der Waals surface area (Å²) in [4.78, 5) is 4.10. The first kappa shape index (κ1) is 11.4. The van der Waals surface area contributed by atoms with Gasteiger partial charge < -0.3 is 14.6 Å². The maximum atomic E-state index is 5.37. The molecule has 2 aromatic rings. The van der Waals surface area contributed by atoms with E-state index in [-0.39, 0.29) is 0 Å². The summed E-state index contributed by atoms with van der Waals surface area (Å²) in [6, 6.07) is 8.88. The van der Waals surface area contributed by atoms with Crippen molar-refractivity contribution in [3.8, 4) is 5.69 Å². The van der Waals surface area contributed by atoms with Crippen LogP contribution in [0.1, 0.15) is 12.0 Å². The van der Waals surface area contributed by atoms with Crippen molar-refractivity contribution >= 4 is 0 Å². The zero-order valence-corrected chi connectivity index (χ0v) is 10.2. The van der Waals surface area contributed by atoms with Gasteiger partial charge in [0, 0.05) is 31.6 Å². The Morgan fingerprint density at radius 2 is 2.33 bits per heavy atom. The van der Waals surface area contributed by atoms with E-state index in [4.69, 9.17) is 4.74 Å². The van der Waals surface area contributed by atoms with E-state index < -0.39 is 0 Å². The van der Waals surface area contributed by atoms with Crippen LogP contribution in [0.3, 0.4) is 0 Å². The van der Waals surface area contributed by atoms with Gasteiger partial charge in [-0.25, -0.2) is 4.98 Å². The second-order valence-electron chi connectivity index (χ2n) is 4.54. The van der Waals surface area contributed by atoms with Crippen molar-refractivity contribution in [2.45, 2.75) is 19.0 Å². The lowest BCUT2D eigenvalue weighted by molar-refractivity contribution is 0.190. The molecule has 0 bridgehead atoms.